The summed E-state index contributed by atoms with van der Waals surface area (Å²) >= 11 is 3.29. The lowest BCUT2D eigenvalue weighted by Gasteiger charge is -2.06. The Hall–Kier alpha value is -2.62. The van der Waals surface area contributed by atoms with Crippen LogP contribution in [0.5, 0.6) is 0 Å². The van der Waals surface area contributed by atoms with Crippen molar-refractivity contribution in [2.75, 3.05) is 0 Å². The number of nitrogens with zero attached hydrogens (tertiary/aromatic N) is 6. The van der Waals surface area contributed by atoms with Crippen molar-refractivity contribution in [1.29, 1.82) is 0 Å². The molecule has 0 unspecified atom stereocenters. The Morgan fingerprint density at radius 1 is 1.36 bits per heavy atom. The predicted molar refractivity (Wildman–Crippen MR) is 76.8 cm³/mol. The molecule has 0 bridgehead atoms. The molecule has 0 radical (unpaired) electrons. The molecule has 0 aromatic carbocycles. The van der Waals surface area contributed by atoms with Gasteiger partial charge >= 0.3 is 5.97 Å². The molecular formula is C12H9BrN6O3. The van der Waals surface area contributed by atoms with Gasteiger partial charge in [0.2, 0.25) is 0 Å². The largest absolute Gasteiger partial charge is 0.458 e. The molecule has 3 heterocycles. The van der Waals surface area contributed by atoms with Crippen molar-refractivity contribution in [3.63, 3.8) is 0 Å². The highest BCUT2D eigenvalue weighted by Gasteiger charge is 2.08. The van der Waals surface area contributed by atoms with Crippen LogP contribution >= 0.6 is 15.9 Å². The van der Waals surface area contributed by atoms with Crippen molar-refractivity contribution in [2.45, 2.75) is 13.2 Å². The summed E-state index contributed by atoms with van der Waals surface area (Å²) in [4.78, 5) is 27.9. The number of tetrazole rings is 1. The predicted octanol–water partition coefficient (Wildman–Crippen LogP) is 0.187. The van der Waals surface area contributed by atoms with Crippen molar-refractivity contribution < 1.29 is 9.53 Å². The van der Waals surface area contributed by atoms with Crippen molar-refractivity contribution in [1.82, 2.24) is 29.6 Å². The second-order valence-electron chi connectivity index (χ2n) is 4.33. The summed E-state index contributed by atoms with van der Waals surface area (Å²) in [5, 5.41) is 10.4. The van der Waals surface area contributed by atoms with Gasteiger partial charge in [0.15, 0.2) is 0 Å². The summed E-state index contributed by atoms with van der Waals surface area (Å²) < 4.78 is 8.46. The number of pyridine rings is 1. The molecule has 9 nitrogen and oxygen atoms in total. The molecule has 3 aromatic heterocycles. The second-order valence-corrected chi connectivity index (χ2v) is 5.24. The summed E-state index contributed by atoms with van der Waals surface area (Å²) in [5.74, 6) is -0.523. The molecule has 0 aliphatic heterocycles. The smallest absolute Gasteiger partial charge is 0.328 e. The van der Waals surface area contributed by atoms with Gasteiger partial charge in [-0.15, -0.1) is 5.10 Å². The fourth-order valence-electron chi connectivity index (χ4n) is 1.79. The third-order valence-corrected chi connectivity index (χ3v) is 3.21. The van der Waals surface area contributed by atoms with Crippen LogP contribution in [0.4, 0.5) is 0 Å². The van der Waals surface area contributed by atoms with Crippen molar-refractivity contribution >= 4 is 27.5 Å². The molecule has 3 rings (SSSR count). The molecule has 0 saturated heterocycles. The first-order valence-corrected chi connectivity index (χ1v) is 6.95. The van der Waals surface area contributed by atoms with Gasteiger partial charge in [0, 0.05) is 16.7 Å². The first-order valence-electron chi connectivity index (χ1n) is 6.16. The lowest BCUT2D eigenvalue weighted by atomic mass is 10.4. The van der Waals surface area contributed by atoms with Crippen LogP contribution in [0.15, 0.2) is 40.0 Å². The van der Waals surface area contributed by atoms with Crippen LogP contribution in [0.3, 0.4) is 0 Å². The van der Waals surface area contributed by atoms with Crippen LogP contribution in [-0.4, -0.2) is 35.6 Å². The molecule has 10 heteroatoms. The Balaban J connectivity index is 1.73. The molecule has 0 N–H and O–H groups in total. The number of esters is 1. The zero-order valence-corrected chi connectivity index (χ0v) is 12.7. The standard InChI is InChI=1S/C12H9BrN6O3/c13-8-1-2-10-15-9(3-11(20)19(10)4-8)6-22-12(21)5-18-7-14-16-17-18/h1-4,7H,5-6H2. The van der Waals surface area contributed by atoms with Gasteiger partial charge in [-0.05, 0) is 38.5 Å². The molecule has 0 spiro atoms. The van der Waals surface area contributed by atoms with Gasteiger partial charge in [-0.3, -0.25) is 14.0 Å². The number of hydrogen-bond acceptors (Lipinski definition) is 7. The number of hydrogen-bond donors (Lipinski definition) is 0. The van der Waals surface area contributed by atoms with E-state index in [-0.39, 0.29) is 18.7 Å². The number of rotatable bonds is 4. The van der Waals surface area contributed by atoms with Crippen LogP contribution < -0.4 is 5.56 Å². The summed E-state index contributed by atoms with van der Waals surface area (Å²) in [6, 6.07) is 4.79. The SMILES string of the molecule is O=C(Cn1cnnn1)OCc1cc(=O)n2cc(Br)ccc2n1. The third-order valence-electron chi connectivity index (χ3n) is 2.74. The van der Waals surface area contributed by atoms with Crippen LogP contribution in [-0.2, 0) is 22.7 Å². The summed E-state index contributed by atoms with van der Waals surface area (Å²) in [6.45, 7) is -0.199. The van der Waals surface area contributed by atoms with Crippen molar-refractivity contribution in [3.8, 4) is 0 Å². The maximum absolute atomic E-state index is 12.0. The molecular weight excluding hydrogens is 356 g/mol. The minimum absolute atomic E-state index is 0.0945. The number of fused-ring (bicyclic) bond motifs is 1. The fraction of sp³-hybridized carbons (Fsp3) is 0.167. The molecule has 3 aromatic rings. The zero-order valence-electron chi connectivity index (χ0n) is 11.1. The van der Waals surface area contributed by atoms with Gasteiger partial charge in [-0.1, -0.05) is 0 Å². The van der Waals surface area contributed by atoms with Crippen LogP contribution in [0.1, 0.15) is 5.69 Å². The highest BCUT2D eigenvalue weighted by atomic mass is 79.9. The first kappa shape index (κ1) is 14.3. The molecule has 0 aliphatic carbocycles. The molecule has 0 amide bonds. The minimum Gasteiger partial charge on any atom is -0.458 e. The molecule has 0 atom stereocenters. The van der Waals surface area contributed by atoms with Crippen molar-refractivity contribution in [2.24, 2.45) is 0 Å². The topological polar surface area (TPSA) is 104 Å². The molecule has 112 valence electrons. The molecule has 22 heavy (non-hydrogen) atoms. The van der Waals surface area contributed by atoms with Gasteiger partial charge < -0.3 is 4.74 Å². The molecule has 0 fully saturated rings. The summed E-state index contributed by atoms with van der Waals surface area (Å²) in [7, 11) is 0. The third kappa shape index (κ3) is 3.17. The average molecular weight is 365 g/mol. The lowest BCUT2D eigenvalue weighted by molar-refractivity contribution is -0.146. The zero-order chi connectivity index (χ0) is 15.5. The number of carbonyl (C=O) groups excluding carboxylic acids is 1. The van der Waals surface area contributed by atoms with E-state index in [9.17, 15) is 9.59 Å². The first-order chi connectivity index (χ1) is 10.6. The van der Waals surface area contributed by atoms with E-state index in [0.29, 0.717) is 11.3 Å². The highest BCUT2D eigenvalue weighted by molar-refractivity contribution is 9.10. The van der Waals surface area contributed by atoms with Crippen molar-refractivity contribution in [3.05, 3.63) is 51.2 Å². The second kappa shape index (κ2) is 6.02. The van der Waals surface area contributed by atoms with Crippen LogP contribution in [0.25, 0.3) is 5.65 Å². The quantitative estimate of drug-likeness (QED) is 0.608. The number of ether oxygens (including phenoxy) is 1. The van der Waals surface area contributed by atoms with Crippen LogP contribution in [0, 0.1) is 0 Å². The van der Waals surface area contributed by atoms with Gasteiger partial charge in [0.05, 0.1) is 5.69 Å². The lowest BCUT2D eigenvalue weighted by Crippen LogP contribution is -2.18. The van der Waals surface area contributed by atoms with E-state index < -0.39 is 5.97 Å². The van der Waals surface area contributed by atoms with E-state index >= 15 is 0 Å². The number of halogens is 1. The average Bonchev–Trinajstić information content (AvgIpc) is 2.99. The summed E-state index contributed by atoms with van der Waals surface area (Å²) in [5.41, 5.74) is 0.595. The number of carbonyl (C=O) groups is 1. The van der Waals surface area contributed by atoms with Gasteiger partial charge in [0.25, 0.3) is 5.56 Å². The maximum atomic E-state index is 12.0. The normalized spacial score (nSPS) is 10.8. The minimum atomic E-state index is -0.523. The van der Waals surface area contributed by atoms with Gasteiger partial charge in [0.1, 0.15) is 25.1 Å². The van der Waals surface area contributed by atoms with E-state index in [1.165, 1.54) is 21.5 Å². The van der Waals surface area contributed by atoms with E-state index in [4.69, 9.17) is 4.74 Å². The molecule has 0 saturated carbocycles. The monoisotopic (exact) mass is 364 g/mol. The maximum Gasteiger partial charge on any atom is 0.328 e. The Kier molecular flexibility index (Phi) is 3.92. The Labute approximate surface area is 131 Å². The van der Waals surface area contributed by atoms with E-state index in [0.717, 1.165) is 4.47 Å². The molecule has 0 aliphatic rings. The van der Waals surface area contributed by atoms with E-state index in [2.05, 4.69) is 36.4 Å². The van der Waals surface area contributed by atoms with Gasteiger partial charge in [-0.25, -0.2) is 9.67 Å². The van der Waals surface area contributed by atoms with E-state index in [1.807, 2.05) is 0 Å². The van der Waals surface area contributed by atoms with Crippen LogP contribution in [0.2, 0.25) is 0 Å². The van der Waals surface area contributed by atoms with E-state index in [1.54, 1.807) is 18.3 Å². The Morgan fingerprint density at radius 2 is 2.23 bits per heavy atom. The Bertz CT molecular complexity index is 876. The highest BCUT2D eigenvalue weighted by Crippen LogP contribution is 2.09. The Morgan fingerprint density at radius 3 is 3.00 bits per heavy atom. The fourth-order valence-corrected chi connectivity index (χ4v) is 2.12. The van der Waals surface area contributed by atoms with Gasteiger partial charge in [-0.2, -0.15) is 0 Å². The number of aromatic nitrogens is 6. The summed E-state index contributed by atoms with van der Waals surface area (Å²) in [6.07, 6.45) is 2.93.